The minimum absolute atomic E-state index is 0.154. The van der Waals surface area contributed by atoms with E-state index in [0.29, 0.717) is 6.42 Å². The molecule has 0 bridgehead atoms. The van der Waals surface area contributed by atoms with Gasteiger partial charge in [-0.15, -0.1) is 0 Å². The number of esters is 1. The maximum atomic E-state index is 11.1. The second-order valence-electron chi connectivity index (χ2n) is 4.19. The number of carbonyl (C=O) groups excluding carboxylic acids is 1. The smallest absolute Gasteiger partial charge is 0.305 e. The molecular weight excluding hydrogens is 204 g/mol. The molecule has 3 atom stereocenters. The monoisotopic (exact) mass is 220 g/mol. The van der Waals surface area contributed by atoms with Crippen LogP contribution in [0.2, 0.25) is 0 Å². The van der Waals surface area contributed by atoms with Crippen LogP contribution < -0.4 is 0 Å². The van der Waals surface area contributed by atoms with Gasteiger partial charge in [-0.05, 0) is 11.5 Å². The van der Waals surface area contributed by atoms with Gasteiger partial charge in [0.05, 0.1) is 19.6 Å². The first-order valence-electron chi connectivity index (χ1n) is 5.49. The molecule has 0 saturated carbocycles. The van der Waals surface area contributed by atoms with Gasteiger partial charge in [-0.2, -0.15) is 0 Å². The Morgan fingerprint density at radius 3 is 2.75 bits per heavy atom. The van der Waals surface area contributed by atoms with Crippen molar-refractivity contribution in [3.63, 3.8) is 0 Å². The fourth-order valence-corrected chi connectivity index (χ4v) is 1.93. The van der Waals surface area contributed by atoms with Crippen LogP contribution in [0.3, 0.4) is 0 Å². The zero-order valence-corrected chi connectivity index (χ0v) is 9.55. The first-order valence-corrected chi connectivity index (χ1v) is 5.49. The normalized spacial score (nSPS) is 24.9. The van der Waals surface area contributed by atoms with Crippen molar-refractivity contribution >= 4 is 5.97 Å². The third kappa shape index (κ3) is 2.42. The highest BCUT2D eigenvalue weighted by molar-refractivity contribution is 5.69. The molecule has 0 radical (unpaired) electrons. The maximum absolute atomic E-state index is 11.1. The van der Waals surface area contributed by atoms with E-state index in [1.165, 1.54) is 12.7 Å². The average molecular weight is 220 g/mol. The molecule has 3 heteroatoms. The van der Waals surface area contributed by atoms with Gasteiger partial charge in [0.15, 0.2) is 0 Å². The first-order chi connectivity index (χ1) is 7.72. The maximum Gasteiger partial charge on any atom is 0.305 e. The molecule has 0 N–H and O–H groups in total. The van der Waals surface area contributed by atoms with E-state index >= 15 is 0 Å². The van der Waals surface area contributed by atoms with Crippen molar-refractivity contribution in [2.75, 3.05) is 7.11 Å². The average Bonchev–Trinajstić information content (AvgIpc) is 3.10. The Balaban J connectivity index is 1.89. The number of hydrogen-bond donors (Lipinski definition) is 0. The molecule has 0 amide bonds. The molecule has 1 saturated heterocycles. The molecular formula is C13H16O3. The Morgan fingerprint density at radius 1 is 1.44 bits per heavy atom. The highest BCUT2D eigenvalue weighted by atomic mass is 16.6. The van der Waals surface area contributed by atoms with Crippen molar-refractivity contribution in [3.05, 3.63) is 35.9 Å². The zero-order valence-electron chi connectivity index (χ0n) is 9.55. The lowest BCUT2D eigenvalue weighted by molar-refractivity contribution is -0.141. The Hall–Kier alpha value is -1.35. The molecule has 1 aromatic rings. The number of epoxide rings is 1. The Morgan fingerprint density at radius 2 is 2.12 bits per heavy atom. The standard InChI is InChI=1S/C13H16O3/c1-9(8-11(14)15-2)12-13(16-12)10-6-4-3-5-7-10/h3-7,9,12-13H,8H2,1-2H3/t9-,12-,13-/m1/s1. The number of methoxy groups -OCH3 is 1. The summed E-state index contributed by atoms with van der Waals surface area (Å²) >= 11 is 0. The second kappa shape index (κ2) is 4.66. The van der Waals surface area contributed by atoms with Gasteiger partial charge in [0, 0.05) is 0 Å². The van der Waals surface area contributed by atoms with Crippen LogP contribution in [0.4, 0.5) is 0 Å². The van der Waals surface area contributed by atoms with Crippen LogP contribution in [0.15, 0.2) is 30.3 Å². The van der Waals surface area contributed by atoms with Gasteiger partial charge in [0.2, 0.25) is 0 Å². The molecule has 1 aliphatic rings. The van der Waals surface area contributed by atoms with Gasteiger partial charge < -0.3 is 9.47 Å². The van der Waals surface area contributed by atoms with Crippen molar-refractivity contribution in [1.82, 2.24) is 0 Å². The van der Waals surface area contributed by atoms with Crippen molar-refractivity contribution in [1.29, 1.82) is 0 Å². The predicted molar refractivity (Wildman–Crippen MR) is 59.9 cm³/mol. The Kier molecular flexibility index (Phi) is 3.25. The third-order valence-corrected chi connectivity index (χ3v) is 2.93. The summed E-state index contributed by atoms with van der Waals surface area (Å²) in [6, 6.07) is 10.1. The fraction of sp³-hybridized carbons (Fsp3) is 0.462. The summed E-state index contributed by atoms with van der Waals surface area (Å²) in [5.41, 5.74) is 1.18. The van der Waals surface area contributed by atoms with Crippen LogP contribution in [0.5, 0.6) is 0 Å². The van der Waals surface area contributed by atoms with Gasteiger partial charge in [0.25, 0.3) is 0 Å². The molecule has 1 fully saturated rings. The van der Waals surface area contributed by atoms with E-state index < -0.39 is 0 Å². The van der Waals surface area contributed by atoms with E-state index in [2.05, 4.69) is 16.9 Å². The van der Waals surface area contributed by atoms with E-state index in [4.69, 9.17) is 4.74 Å². The summed E-state index contributed by atoms with van der Waals surface area (Å²) in [5, 5.41) is 0. The van der Waals surface area contributed by atoms with E-state index in [-0.39, 0.29) is 24.1 Å². The Labute approximate surface area is 95.4 Å². The quantitative estimate of drug-likeness (QED) is 0.577. The lowest BCUT2D eigenvalue weighted by Gasteiger charge is -2.05. The van der Waals surface area contributed by atoms with Crippen LogP contribution >= 0.6 is 0 Å². The van der Waals surface area contributed by atoms with Crippen LogP contribution in [-0.4, -0.2) is 19.2 Å². The first kappa shape index (κ1) is 11.1. The topological polar surface area (TPSA) is 38.8 Å². The minimum Gasteiger partial charge on any atom is -0.469 e. The van der Waals surface area contributed by atoms with Crippen LogP contribution in [-0.2, 0) is 14.3 Å². The lowest BCUT2D eigenvalue weighted by atomic mass is 9.98. The van der Waals surface area contributed by atoms with Crippen LogP contribution in [0.25, 0.3) is 0 Å². The van der Waals surface area contributed by atoms with E-state index in [0.717, 1.165) is 0 Å². The molecule has 2 rings (SSSR count). The van der Waals surface area contributed by atoms with Gasteiger partial charge in [0.1, 0.15) is 6.10 Å². The minimum atomic E-state index is -0.171. The van der Waals surface area contributed by atoms with Crippen LogP contribution in [0.1, 0.15) is 25.0 Å². The van der Waals surface area contributed by atoms with E-state index in [9.17, 15) is 4.79 Å². The second-order valence-corrected chi connectivity index (χ2v) is 4.19. The summed E-state index contributed by atoms with van der Waals surface area (Å²) in [7, 11) is 1.41. The van der Waals surface area contributed by atoms with Gasteiger partial charge >= 0.3 is 5.97 Å². The summed E-state index contributed by atoms with van der Waals surface area (Å²) in [6.07, 6.45) is 0.729. The van der Waals surface area contributed by atoms with Crippen molar-refractivity contribution in [2.45, 2.75) is 25.6 Å². The molecule has 0 aliphatic carbocycles. The summed E-state index contributed by atoms with van der Waals surface area (Å²) in [4.78, 5) is 11.1. The summed E-state index contributed by atoms with van der Waals surface area (Å²) < 4.78 is 10.2. The molecule has 1 aliphatic heterocycles. The van der Waals surface area contributed by atoms with E-state index in [1.54, 1.807) is 0 Å². The highest BCUT2D eigenvalue weighted by Crippen LogP contribution is 2.43. The summed E-state index contributed by atoms with van der Waals surface area (Å²) in [5.74, 6) is 0.0347. The highest BCUT2D eigenvalue weighted by Gasteiger charge is 2.44. The SMILES string of the molecule is COC(=O)C[C@@H](C)[C@H]1O[C@@H]1c1ccccc1. The number of rotatable bonds is 4. The third-order valence-electron chi connectivity index (χ3n) is 2.93. The number of hydrogen-bond acceptors (Lipinski definition) is 3. The molecule has 0 spiro atoms. The molecule has 0 aromatic heterocycles. The Bertz CT molecular complexity index is 361. The van der Waals surface area contributed by atoms with Gasteiger partial charge in [-0.3, -0.25) is 4.79 Å². The van der Waals surface area contributed by atoms with Crippen molar-refractivity contribution < 1.29 is 14.3 Å². The summed E-state index contributed by atoms with van der Waals surface area (Å²) in [6.45, 7) is 2.02. The largest absolute Gasteiger partial charge is 0.469 e. The van der Waals surface area contributed by atoms with E-state index in [1.807, 2.05) is 25.1 Å². The zero-order chi connectivity index (χ0) is 11.5. The van der Waals surface area contributed by atoms with Gasteiger partial charge in [-0.1, -0.05) is 37.3 Å². The lowest BCUT2D eigenvalue weighted by Crippen LogP contribution is -2.12. The molecule has 1 heterocycles. The number of ether oxygens (including phenoxy) is 2. The molecule has 16 heavy (non-hydrogen) atoms. The van der Waals surface area contributed by atoms with Gasteiger partial charge in [-0.25, -0.2) is 0 Å². The van der Waals surface area contributed by atoms with Crippen LogP contribution in [0, 0.1) is 5.92 Å². The molecule has 86 valence electrons. The number of carbonyl (C=O) groups is 1. The molecule has 0 unspecified atom stereocenters. The fourth-order valence-electron chi connectivity index (χ4n) is 1.93. The van der Waals surface area contributed by atoms with Crippen molar-refractivity contribution in [3.8, 4) is 0 Å². The molecule has 1 aromatic carbocycles. The predicted octanol–water partition coefficient (Wildman–Crippen LogP) is 2.33. The molecule has 3 nitrogen and oxygen atoms in total. The number of benzene rings is 1. The van der Waals surface area contributed by atoms with Crippen molar-refractivity contribution in [2.24, 2.45) is 5.92 Å².